The zero-order chi connectivity index (χ0) is 22.5. The third-order valence-electron chi connectivity index (χ3n) is 5.35. The maximum atomic E-state index is 12.3. The van der Waals surface area contributed by atoms with E-state index in [1.165, 1.54) is 0 Å². The van der Waals surface area contributed by atoms with Gasteiger partial charge < -0.3 is 19.9 Å². The van der Waals surface area contributed by atoms with Crippen LogP contribution in [-0.4, -0.2) is 69.5 Å². The first-order valence-electron chi connectivity index (χ1n) is 10.8. The minimum absolute atomic E-state index is 0.0863. The smallest absolute Gasteiger partial charge is 0.409 e. The molecule has 1 saturated heterocycles. The normalized spacial score (nSPS) is 13.9. The lowest BCUT2D eigenvalue weighted by molar-refractivity contribution is -0.116. The van der Waals surface area contributed by atoms with Gasteiger partial charge >= 0.3 is 6.09 Å². The van der Waals surface area contributed by atoms with Crippen LogP contribution >= 0.6 is 0 Å². The number of ether oxygens (including phenoxy) is 1. The van der Waals surface area contributed by atoms with Crippen molar-refractivity contribution in [2.75, 3.05) is 43.0 Å². The van der Waals surface area contributed by atoms with Gasteiger partial charge in [0.25, 0.3) is 0 Å². The molecule has 0 bridgehead atoms. The van der Waals surface area contributed by atoms with Gasteiger partial charge in [0.05, 0.1) is 6.61 Å². The standard InChI is InChI=1S/C22H27N7O3/c1-3-32-22(31)28-14-12-27(13-15-28)20-9-8-18-24-25-19(29(18)26-20)10-11-21(30)23-17-6-4-16(2)5-7-17/h4-9H,3,10-15H2,1-2H3,(H,23,30). The van der Waals surface area contributed by atoms with Gasteiger partial charge in [-0.15, -0.1) is 15.3 Å². The molecular formula is C22H27N7O3. The van der Waals surface area contributed by atoms with Gasteiger partial charge in [-0.05, 0) is 38.1 Å². The molecule has 1 aliphatic rings. The number of fused-ring (bicyclic) bond motifs is 1. The van der Waals surface area contributed by atoms with Crippen LogP contribution in [0.1, 0.15) is 24.7 Å². The molecule has 10 nitrogen and oxygen atoms in total. The Labute approximate surface area is 186 Å². The SMILES string of the molecule is CCOC(=O)N1CCN(c2ccc3nnc(CCC(=O)Nc4ccc(C)cc4)n3n2)CC1. The molecule has 1 fully saturated rings. The number of amides is 2. The zero-order valence-electron chi connectivity index (χ0n) is 18.3. The number of rotatable bonds is 6. The fourth-order valence-electron chi connectivity index (χ4n) is 3.57. The average Bonchev–Trinajstić information content (AvgIpc) is 3.22. The van der Waals surface area contributed by atoms with Crippen LogP contribution in [0.25, 0.3) is 5.65 Å². The second-order valence-corrected chi connectivity index (χ2v) is 7.66. The van der Waals surface area contributed by atoms with E-state index < -0.39 is 0 Å². The van der Waals surface area contributed by atoms with Crippen molar-refractivity contribution in [3.8, 4) is 0 Å². The quantitative estimate of drug-likeness (QED) is 0.631. The van der Waals surface area contributed by atoms with Crippen molar-refractivity contribution in [2.45, 2.75) is 26.7 Å². The summed E-state index contributed by atoms with van der Waals surface area (Å²) in [6.45, 7) is 6.65. The van der Waals surface area contributed by atoms with Crippen LogP contribution in [-0.2, 0) is 16.0 Å². The molecule has 1 aromatic carbocycles. The number of aromatic nitrogens is 4. The van der Waals surface area contributed by atoms with Crippen LogP contribution in [0.5, 0.6) is 0 Å². The van der Waals surface area contributed by atoms with E-state index >= 15 is 0 Å². The highest BCUT2D eigenvalue weighted by Gasteiger charge is 2.23. The van der Waals surface area contributed by atoms with Gasteiger partial charge in [0.1, 0.15) is 5.82 Å². The second kappa shape index (κ2) is 9.63. The van der Waals surface area contributed by atoms with Gasteiger partial charge in [-0.25, -0.2) is 4.79 Å². The number of nitrogens with zero attached hydrogens (tertiary/aromatic N) is 6. The monoisotopic (exact) mass is 437 g/mol. The van der Waals surface area contributed by atoms with E-state index in [2.05, 4.69) is 25.5 Å². The average molecular weight is 438 g/mol. The maximum Gasteiger partial charge on any atom is 0.409 e. The van der Waals surface area contributed by atoms with Crippen molar-refractivity contribution >= 4 is 29.2 Å². The van der Waals surface area contributed by atoms with Gasteiger partial charge in [-0.3, -0.25) is 4.79 Å². The van der Waals surface area contributed by atoms with Gasteiger partial charge in [0.2, 0.25) is 5.91 Å². The van der Waals surface area contributed by atoms with E-state index in [-0.39, 0.29) is 18.4 Å². The molecule has 1 N–H and O–H groups in total. The number of nitrogens with one attached hydrogen (secondary N) is 1. The summed E-state index contributed by atoms with van der Waals surface area (Å²) in [5, 5.41) is 16.0. The van der Waals surface area contributed by atoms with Gasteiger partial charge in [-0.2, -0.15) is 4.52 Å². The summed E-state index contributed by atoms with van der Waals surface area (Å²) in [4.78, 5) is 28.1. The molecule has 0 spiro atoms. The summed E-state index contributed by atoms with van der Waals surface area (Å²) >= 11 is 0. The third kappa shape index (κ3) is 4.96. The molecule has 1 aliphatic heterocycles. The molecule has 0 radical (unpaired) electrons. The van der Waals surface area contributed by atoms with Crippen LogP contribution in [0.15, 0.2) is 36.4 Å². The number of hydrogen-bond acceptors (Lipinski definition) is 7. The van der Waals surface area contributed by atoms with Crippen molar-refractivity contribution in [1.82, 2.24) is 24.7 Å². The molecule has 2 amide bonds. The Morgan fingerprint density at radius 1 is 1.03 bits per heavy atom. The topological polar surface area (TPSA) is 105 Å². The molecule has 0 saturated carbocycles. The maximum absolute atomic E-state index is 12.3. The van der Waals surface area contributed by atoms with Crippen molar-refractivity contribution in [2.24, 2.45) is 0 Å². The summed E-state index contributed by atoms with van der Waals surface area (Å²) < 4.78 is 6.76. The molecule has 0 aliphatic carbocycles. The fraction of sp³-hybridized carbons (Fsp3) is 0.409. The van der Waals surface area contributed by atoms with Crippen LogP contribution in [0, 0.1) is 6.92 Å². The molecule has 2 aromatic heterocycles. The number of carbonyl (C=O) groups excluding carboxylic acids is 2. The number of benzene rings is 1. The number of hydrogen-bond donors (Lipinski definition) is 1. The Morgan fingerprint density at radius 2 is 1.78 bits per heavy atom. The summed E-state index contributed by atoms with van der Waals surface area (Å²) in [6, 6.07) is 11.4. The Hall–Kier alpha value is -3.69. The lowest BCUT2D eigenvalue weighted by atomic mass is 10.2. The van der Waals surface area contributed by atoms with E-state index in [1.807, 2.05) is 43.3 Å². The number of aryl methyl sites for hydroxylation is 2. The first kappa shape index (κ1) is 21.5. The summed E-state index contributed by atoms with van der Waals surface area (Å²) in [6.07, 6.45) is 0.422. The molecule has 0 atom stereocenters. The van der Waals surface area contributed by atoms with E-state index in [0.29, 0.717) is 50.7 Å². The molecule has 32 heavy (non-hydrogen) atoms. The van der Waals surface area contributed by atoms with Gasteiger partial charge in [0, 0.05) is 44.7 Å². The number of piperazine rings is 1. The molecule has 168 valence electrons. The Bertz CT molecular complexity index is 1090. The van der Waals surface area contributed by atoms with E-state index in [9.17, 15) is 9.59 Å². The Morgan fingerprint density at radius 3 is 2.50 bits per heavy atom. The van der Waals surface area contributed by atoms with E-state index in [4.69, 9.17) is 4.74 Å². The van der Waals surface area contributed by atoms with Gasteiger partial charge in [0.15, 0.2) is 11.5 Å². The van der Waals surface area contributed by atoms with Crippen molar-refractivity contribution in [1.29, 1.82) is 0 Å². The van der Waals surface area contributed by atoms with Crippen LogP contribution in [0.3, 0.4) is 0 Å². The lowest BCUT2D eigenvalue weighted by Gasteiger charge is -2.34. The summed E-state index contributed by atoms with van der Waals surface area (Å²) in [7, 11) is 0. The third-order valence-corrected chi connectivity index (χ3v) is 5.35. The zero-order valence-corrected chi connectivity index (χ0v) is 18.3. The molecule has 0 unspecified atom stereocenters. The highest BCUT2D eigenvalue weighted by atomic mass is 16.6. The Kier molecular flexibility index (Phi) is 6.48. The predicted octanol–water partition coefficient (Wildman–Crippen LogP) is 2.28. The van der Waals surface area contributed by atoms with E-state index in [1.54, 1.807) is 16.3 Å². The molecular weight excluding hydrogens is 410 g/mol. The summed E-state index contributed by atoms with van der Waals surface area (Å²) in [5.74, 6) is 1.33. The molecule has 4 rings (SSSR count). The van der Waals surface area contributed by atoms with Crippen molar-refractivity contribution in [3.05, 3.63) is 47.8 Å². The summed E-state index contributed by atoms with van der Waals surface area (Å²) in [5.41, 5.74) is 2.55. The highest BCUT2D eigenvalue weighted by molar-refractivity contribution is 5.90. The number of carbonyl (C=O) groups is 2. The van der Waals surface area contributed by atoms with Crippen LogP contribution in [0.2, 0.25) is 0 Å². The van der Waals surface area contributed by atoms with Gasteiger partial charge in [-0.1, -0.05) is 17.7 Å². The number of anilines is 2. The van der Waals surface area contributed by atoms with Crippen molar-refractivity contribution < 1.29 is 14.3 Å². The lowest BCUT2D eigenvalue weighted by Crippen LogP contribution is -2.49. The van der Waals surface area contributed by atoms with Crippen LogP contribution < -0.4 is 10.2 Å². The van der Waals surface area contributed by atoms with Crippen LogP contribution in [0.4, 0.5) is 16.3 Å². The minimum atomic E-state index is -0.277. The van der Waals surface area contributed by atoms with Crippen molar-refractivity contribution in [3.63, 3.8) is 0 Å². The molecule has 3 heterocycles. The largest absolute Gasteiger partial charge is 0.450 e. The minimum Gasteiger partial charge on any atom is -0.450 e. The second-order valence-electron chi connectivity index (χ2n) is 7.66. The van der Waals surface area contributed by atoms with E-state index in [0.717, 1.165) is 17.1 Å². The highest BCUT2D eigenvalue weighted by Crippen LogP contribution is 2.16. The first-order chi connectivity index (χ1) is 15.5. The Balaban J connectivity index is 1.38. The molecule has 10 heteroatoms. The molecule has 3 aromatic rings. The fourth-order valence-corrected chi connectivity index (χ4v) is 3.57. The predicted molar refractivity (Wildman–Crippen MR) is 120 cm³/mol. The first-order valence-corrected chi connectivity index (χ1v) is 10.8.